The first-order valence-electron chi connectivity index (χ1n) is 17.8. The molecule has 2 fully saturated rings. The van der Waals surface area contributed by atoms with Gasteiger partial charge in [0.05, 0.1) is 13.2 Å². The van der Waals surface area contributed by atoms with E-state index in [4.69, 9.17) is 33.2 Å². The fraction of sp³-hybridized carbons (Fsp3) is 0.684. The second-order valence-corrected chi connectivity index (χ2v) is 13.2. The summed E-state index contributed by atoms with van der Waals surface area (Å²) in [6.07, 6.45) is 6.19. The fourth-order valence-electron chi connectivity index (χ4n) is 6.77. The molecular formula is C38H56O9. The van der Waals surface area contributed by atoms with E-state index >= 15 is 0 Å². The monoisotopic (exact) mass is 656 g/mol. The molecule has 1 saturated carbocycles. The number of aliphatic hydroxyl groups is 2. The van der Waals surface area contributed by atoms with E-state index in [0.29, 0.717) is 45.4 Å². The first-order chi connectivity index (χ1) is 23.0. The van der Waals surface area contributed by atoms with Crippen LogP contribution >= 0.6 is 0 Å². The molecule has 9 nitrogen and oxygen atoms in total. The van der Waals surface area contributed by atoms with Crippen LogP contribution in [0.15, 0.2) is 36.4 Å². The van der Waals surface area contributed by atoms with Gasteiger partial charge in [-0.05, 0) is 79.3 Å². The highest BCUT2D eigenvalue weighted by Crippen LogP contribution is 2.49. The molecule has 2 aromatic rings. The van der Waals surface area contributed by atoms with Gasteiger partial charge in [-0.15, -0.1) is 0 Å². The highest BCUT2D eigenvalue weighted by molar-refractivity contribution is 5.47. The lowest BCUT2D eigenvalue weighted by atomic mass is 9.80. The van der Waals surface area contributed by atoms with Crippen LogP contribution in [0.1, 0.15) is 100 Å². The summed E-state index contributed by atoms with van der Waals surface area (Å²) in [5.41, 5.74) is 2.83. The largest absolute Gasteiger partial charge is 0.486 e. The molecule has 0 radical (unpaired) electrons. The summed E-state index contributed by atoms with van der Waals surface area (Å²) >= 11 is 0. The molecule has 2 heterocycles. The lowest BCUT2D eigenvalue weighted by Crippen LogP contribution is -2.73. The molecule has 0 amide bonds. The van der Waals surface area contributed by atoms with Gasteiger partial charge >= 0.3 is 0 Å². The van der Waals surface area contributed by atoms with Crippen LogP contribution in [0.25, 0.3) is 0 Å². The van der Waals surface area contributed by atoms with Crippen molar-refractivity contribution in [3.63, 3.8) is 0 Å². The van der Waals surface area contributed by atoms with Gasteiger partial charge in [0.1, 0.15) is 37.1 Å². The van der Waals surface area contributed by atoms with Crippen molar-refractivity contribution in [1.29, 1.82) is 0 Å². The summed E-state index contributed by atoms with van der Waals surface area (Å²) in [6.45, 7) is 7.86. The van der Waals surface area contributed by atoms with Gasteiger partial charge in [0, 0.05) is 32.5 Å². The maximum atomic E-state index is 11.0. The SMILES string of the molecule is CCCCO[C@@H]1[C@@H](OCCCC)C(OC)(c2ccc(C3CC3)c(Cc3ccc4c(c3)OCCO4)c2)OC(CO)(CO)[C@H]1OCCCC. The highest BCUT2D eigenvalue weighted by atomic mass is 16.7. The molecule has 1 aliphatic carbocycles. The fourth-order valence-corrected chi connectivity index (χ4v) is 6.77. The van der Waals surface area contributed by atoms with Crippen molar-refractivity contribution in [3.8, 4) is 11.5 Å². The standard InChI is InChI=1S/C38H56O9/c1-5-8-17-44-34-35(45-18-9-6-2)37(25-39,26-40)47-38(41-4,36(34)46-19-10-7-3)30-14-15-31(28-12-13-28)29(24-30)22-27-11-16-32-33(23-27)43-21-20-42-32/h11,14-16,23-24,28,34-36,39-40H,5-10,12-13,17-22,25-26H2,1-4H3/t34-,35-,36+,38?/m0/s1. The zero-order valence-corrected chi connectivity index (χ0v) is 28.8. The summed E-state index contributed by atoms with van der Waals surface area (Å²) in [4.78, 5) is 0. The van der Waals surface area contributed by atoms with Crippen LogP contribution in [-0.4, -0.2) is 87.5 Å². The van der Waals surface area contributed by atoms with Crippen LogP contribution in [-0.2, 0) is 35.9 Å². The summed E-state index contributed by atoms with van der Waals surface area (Å²) in [6, 6.07) is 12.5. The number of ether oxygens (including phenoxy) is 7. The highest BCUT2D eigenvalue weighted by Gasteiger charge is 2.64. The van der Waals surface area contributed by atoms with Crippen molar-refractivity contribution in [1.82, 2.24) is 0 Å². The average molecular weight is 657 g/mol. The molecule has 0 aromatic heterocycles. The molecule has 5 rings (SSSR count). The van der Waals surface area contributed by atoms with Crippen LogP contribution in [0.3, 0.4) is 0 Å². The number of aliphatic hydroxyl groups excluding tert-OH is 2. The van der Waals surface area contributed by atoms with Crippen molar-refractivity contribution < 1.29 is 43.4 Å². The number of benzene rings is 2. The van der Waals surface area contributed by atoms with Crippen molar-refractivity contribution in [2.45, 2.75) is 114 Å². The molecule has 2 aromatic carbocycles. The van der Waals surface area contributed by atoms with E-state index in [-0.39, 0.29) is 0 Å². The number of hydrogen-bond donors (Lipinski definition) is 2. The Balaban J connectivity index is 1.60. The minimum atomic E-state index is -1.50. The van der Waals surface area contributed by atoms with E-state index in [1.165, 1.54) is 5.56 Å². The molecule has 262 valence electrons. The predicted molar refractivity (Wildman–Crippen MR) is 179 cm³/mol. The van der Waals surface area contributed by atoms with Gasteiger partial charge < -0.3 is 43.4 Å². The molecule has 3 aliphatic rings. The summed E-state index contributed by atoms with van der Waals surface area (Å²) in [7, 11) is 1.60. The first kappa shape index (κ1) is 36.1. The third-order valence-electron chi connectivity index (χ3n) is 9.65. The van der Waals surface area contributed by atoms with Gasteiger partial charge in [-0.25, -0.2) is 0 Å². The van der Waals surface area contributed by atoms with Crippen molar-refractivity contribution in [3.05, 3.63) is 58.7 Å². The van der Waals surface area contributed by atoms with E-state index in [0.717, 1.165) is 79.6 Å². The molecule has 1 unspecified atom stereocenters. The van der Waals surface area contributed by atoms with Gasteiger partial charge in [0.25, 0.3) is 0 Å². The lowest BCUT2D eigenvalue weighted by molar-refractivity contribution is -0.414. The zero-order valence-electron chi connectivity index (χ0n) is 28.8. The average Bonchev–Trinajstić information content (AvgIpc) is 3.95. The number of hydrogen-bond acceptors (Lipinski definition) is 9. The van der Waals surface area contributed by atoms with Crippen LogP contribution in [0.2, 0.25) is 0 Å². The molecule has 9 heteroatoms. The van der Waals surface area contributed by atoms with E-state index in [1.807, 2.05) is 6.07 Å². The molecule has 2 aliphatic heterocycles. The Morgan fingerprint density at radius 2 is 1.40 bits per heavy atom. The minimum absolute atomic E-state index is 0.442. The van der Waals surface area contributed by atoms with Gasteiger partial charge in [0.15, 0.2) is 11.5 Å². The maximum Gasteiger partial charge on any atom is 0.225 e. The first-order valence-corrected chi connectivity index (χ1v) is 17.8. The summed E-state index contributed by atoms with van der Waals surface area (Å²) in [5.74, 6) is 0.549. The minimum Gasteiger partial charge on any atom is -0.486 e. The number of unbranched alkanes of at least 4 members (excludes halogenated alkanes) is 3. The normalized spacial score (nSPS) is 25.2. The quantitative estimate of drug-likeness (QED) is 0.175. The van der Waals surface area contributed by atoms with E-state index in [1.54, 1.807) is 7.11 Å². The molecule has 4 atom stereocenters. The van der Waals surface area contributed by atoms with Crippen molar-refractivity contribution in [2.24, 2.45) is 0 Å². The number of methoxy groups -OCH3 is 1. The van der Waals surface area contributed by atoms with Crippen LogP contribution < -0.4 is 9.47 Å². The lowest BCUT2D eigenvalue weighted by Gasteiger charge is -2.56. The molecule has 2 N–H and O–H groups in total. The van der Waals surface area contributed by atoms with Crippen molar-refractivity contribution >= 4 is 0 Å². The summed E-state index contributed by atoms with van der Waals surface area (Å²) < 4.78 is 44.8. The predicted octanol–water partition coefficient (Wildman–Crippen LogP) is 6.03. The third kappa shape index (κ3) is 7.99. The van der Waals surface area contributed by atoms with Crippen LogP contribution in [0.4, 0.5) is 0 Å². The van der Waals surface area contributed by atoms with E-state index < -0.39 is 42.9 Å². The van der Waals surface area contributed by atoms with Gasteiger partial charge in [-0.2, -0.15) is 0 Å². The van der Waals surface area contributed by atoms with Gasteiger partial charge in [0.2, 0.25) is 5.79 Å². The second kappa shape index (κ2) is 16.9. The second-order valence-electron chi connectivity index (χ2n) is 13.2. The Morgan fingerprint density at radius 1 is 0.766 bits per heavy atom. The summed E-state index contributed by atoms with van der Waals surface area (Å²) in [5, 5.41) is 21.9. The maximum absolute atomic E-state index is 11.0. The van der Waals surface area contributed by atoms with Gasteiger partial charge in [-0.1, -0.05) is 58.2 Å². The number of rotatable bonds is 19. The number of fused-ring (bicyclic) bond motifs is 1. The molecular weight excluding hydrogens is 600 g/mol. The van der Waals surface area contributed by atoms with Crippen LogP contribution in [0, 0.1) is 0 Å². The Kier molecular flexibility index (Phi) is 13.0. The smallest absolute Gasteiger partial charge is 0.225 e. The Labute approximate surface area is 280 Å². The van der Waals surface area contributed by atoms with Crippen molar-refractivity contribution in [2.75, 3.05) is 53.4 Å². The Hall–Kier alpha value is -2.24. The molecule has 1 saturated heterocycles. The third-order valence-corrected chi connectivity index (χ3v) is 9.65. The Bertz CT molecular complexity index is 1260. The van der Waals surface area contributed by atoms with E-state index in [9.17, 15) is 10.2 Å². The molecule has 47 heavy (non-hydrogen) atoms. The van der Waals surface area contributed by atoms with E-state index in [2.05, 4.69) is 51.1 Å². The Morgan fingerprint density at radius 3 is 2.02 bits per heavy atom. The molecule has 0 spiro atoms. The van der Waals surface area contributed by atoms with Crippen LogP contribution in [0.5, 0.6) is 11.5 Å². The topological polar surface area (TPSA) is 105 Å². The van der Waals surface area contributed by atoms with Gasteiger partial charge in [-0.3, -0.25) is 0 Å². The zero-order chi connectivity index (χ0) is 33.3. The molecule has 0 bridgehead atoms.